The molecule has 134 valence electrons. The Morgan fingerprint density at radius 2 is 2.12 bits per heavy atom. The fourth-order valence-corrected chi connectivity index (χ4v) is 2.70. The summed E-state index contributed by atoms with van der Waals surface area (Å²) in [5.74, 6) is 0.565. The van der Waals surface area contributed by atoms with Crippen molar-refractivity contribution < 1.29 is 9.53 Å². The van der Waals surface area contributed by atoms with Crippen molar-refractivity contribution in [1.82, 2.24) is 15.1 Å². The van der Waals surface area contributed by atoms with Gasteiger partial charge in [0.15, 0.2) is 0 Å². The second-order valence-electron chi connectivity index (χ2n) is 7.36. The Kier molecular flexibility index (Phi) is 5.20. The number of benzene rings is 1. The molecule has 1 aromatic heterocycles. The maximum absolute atomic E-state index is 12.5. The standard InChI is InChI=1S/C19H26N4O2/c1-19(2,3)16-11-17(21-18(24)15-12-20-9-10-25-15)23(22-16)13-14-7-5-4-6-8-14/h4-8,11,15,20H,9-10,12-13H2,1-3H3,(H,21,24)/t15-/m1/s1. The van der Waals surface area contributed by atoms with Crippen LogP contribution in [0.2, 0.25) is 0 Å². The molecule has 0 unspecified atom stereocenters. The van der Waals surface area contributed by atoms with Gasteiger partial charge < -0.3 is 15.4 Å². The van der Waals surface area contributed by atoms with Crippen molar-refractivity contribution in [3.05, 3.63) is 47.7 Å². The van der Waals surface area contributed by atoms with Gasteiger partial charge in [0.05, 0.1) is 18.8 Å². The molecule has 2 N–H and O–H groups in total. The summed E-state index contributed by atoms with van der Waals surface area (Å²) < 4.78 is 7.39. The average Bonchev–Trinajstić information content (AvgIpc) is 2.99. The molecule has 6 nitrogen and oxygen atoms in total. The Morgan fingerprint density at radius 1 is 1.36 bits per heavy atom. The molecule has 25 heavy (non-hydrogen) atoms. The predicted molar refractivity (Wildman–Crippen MR) is 97.7 cm³/mol. The van der Waals surface area contributed by atoms with Crippen LogP contribution in [0, 0.1) is 0 Å². The minimum atomic E-state index is -0.466. The van der Waals surface area contributed by atoms with Gasteiger partial charge in [-0.1, -0.05) is 51.1 Å². The van der Waals surface area contributed by atoms with Gasteiger partial charge in [-0.25, -0.2) is 4.68 Å². The zero-order valence-corrected chi connectivity index (χ0v) is 15.1. The number of carbonyl (C=O) groups excluding carboxylic acids is 1. The molecule has 1 fully saturated rings. The van der Waals surface area contributed by atoms with Crippen molar-refractivity contribution >= 4 is 11.7 Å². The van der Waals surface area contributed by atoms with Gasteiger partial charge in [-0.3, -0.25) is 4.79 Å². The highest BCUT2D eigenvalue weighted by molar-refractivity contribution is 5.93. The SMILES string of the molecule is CC(C)(C)c1cc(NC(=O)[C@H]2CNCCO2)n(Cc2ccccc2)n1. The first-order chi connectivity index (χ1) is 11.9. The van der Waals surface area contributed by atoms with E-state index in [0.717, 1.165) is 17.8 Å². The quantitative estimate of drug-likeness (QED) is 0.893. The highest BCUT2D eigenvalue weighted by Crippen LogP contribution is 2.25. The Labute approximate surface area is 148 Å². The minimum absolute atomic E-state index is 0.0929. The summed E-state index contributed by atoms with van der Waals surface area (Å²) in [6.45, 7) is 8.81. The molecule has 1 aromatic carbocycles. The number of nitrogens with zero attached hydrogens (tertiary/aromatic N) is 2. The van der Waals surface area contributed by atoms with Gasteiger partial charge in [-0.2, -0.15) is 5.10 Å². The largest absolute Gasteiger partial charge is 0.366 e. The fourth-order valence-electron chi connectivity index (χ4n) is 2.70. The van der Waals surface area contributed by atoms with Crippen LogP contribution >= 0.6 is 0 Å². The van der Waals surface area contributed by atoms with Crippen molar-refractivity contribution in [3.8, 4) is 0 Å². The van der Waals surface area contributed by atoms with Gasteiger partial charge in [0.1, 0.15) is 11.9 Å². The van der Waals surface area contributed by atoms with Gasteiger partial charge in [-0.05, 0) is 5.56 Å². The van der Waals surface area contributed by atoms with Crippen LogP contribution in [-0.2, 0) is 21.5 Å². The first kappa shape index (κ1) is 17.6. The Morgan fingerprint density at radius 3 is 2.76 bits per heavy atom. The molecular weight excluding hydrogens is 316 g/mol. The second kappa shape index (κ2) is 7.37. The lowest BCUT2D eigenvalue weighted by molar-refractivity contribution is -0.128. The number of anilines is 1. The molecule has 3 rings (SSSR count). The lowest BCUT2D eigenvalue weighted by Gasteiger charge is -2.22. The topological polar surface area (TPSA) is 68.2 Å². The van der Waals surface area contributed by atoms with Crippen LogP contribution in [0.1, 0.15) is 32.0 Å². The van der Waals surface area contributed by atoms with Crippen LogP contribution in [0.3, 0.4) is 0 Å². The van der Waals surface area contributed by atoms with Crippen LogP contribution in [-0.4, -0.2) is 41.5 Å². The fraction of sp³-hybridized carbons (Fsp3) is 0.474. The molecule has 0 saturated carbocycles. The average molecular weight is 342 g/mol. The molecule has 1 aliphatic rings. The maximum Gasteiger partial charge on any atom is 0.255 e. The third kappa shape index (κ3) is 4.46. The molecule has 1 atom stereocenters. The highest BCUT2D eigenvalue weighted by atomic mass is 16.5. The van der Waals surface area contributed by atoms with Gasteiger partial charge in [0.25, 0.3) is 5.91 Å². The Balaban J connectivity index is 1.82. The van der Waals surface area contributed by atoms with Crippen LogP contribution in [0.15, 0.2) is 36.4 Å². The van der Waals surface area contributed by atoms with E-state index in [1.165, 1.54) is 0 Å². The van der Waals surface area contributed by atoms with Crippen molar-refractivity contribution in [2.45, 2.75) is 38.8 Å². The van der Waals surface area contributed by atoms with Crippen LogP contribution in [0.25, 0.3) is 0 Å². The summed E-state index contributed by atoms with van der Waals surface area (Å²) in [6.07, 6.45) is -0.466. The normalized spacial score (nSPS) is 18.1. The number of carbonyl (C=O) groups is 1. The van der Waals surface area contributed by atoms with E-state index in [9.17, 15) is 4.79 Å². The van der Waals surface area contributed by atoms with Crippen molar-refractivity contribution in [2.24, 2.45) is 0 Å². The lowest BCUT2D eigenvalue weighted by atomic mass is 9.92. The summed E-state index contributed by atoms with van der Waals surface area (Å²) in [7, 11) is 0. The molecule has 6 heteroatoms. The summed E-state index contributed by atoms with van der Waals surface area (Å²) in [5, 5.41) is 10.9. The molecule has 1 amide bonds. The molecule has 0 bridgehead atoms. The summed E-state index contributed by atoms with van der Waals surface area (Å²) in [4.78, 5) is 12.5. The van der Waals surface area contributed by atoms with E-state index >= 15 is 0 Å². The number of ether oxygens (including phenoxy) is 1. The Hall–Kier alpha value is -2.18. The van der Waals surface area contributed by atoms with E-state index in [4.69, 9.17) is 9.84 Å². The molecule has 0 aliphatic carbocycles. The number of hydrogen-bond donors (Lipinski definition) is 2. The zero-order chi connectivity index (χ0) is 17.9. The smallest absolute Gasteiger partial charge is 0.255 e. The van der Waals surface area contributed by atoms with E-state index in [2.05, 4.69) is 43.5 Å². The second-order valence-corrected chi connectivity index (χ2v) is 7.36. The van der Waals surface area contributed by atoms with E-state index in [0.29, 0.717) is 25.5 Å². The molecule has 2 aromatic rings. The van der Waals surface area contributed by atoms with Gasteiger partial charge in [0.2, 0.25) is 0 Å². The number of hydrogen-bond acceptors (Lipinski definition) is 4. The predicted octanol–water partition coefficient (Wildman–Crippen LogP) is 2.16. The van der Waals surface area contributed by atoms with E-state index in [1.807, 2.05) is 28.9 Å². The van der Waals surface area contributed by atoms with Gasteiger partial charge in [0, 0.05) is 24.6 Å². The molecule has 2 heterocycles. The zero-order valence-electron chi connectivity index (χ0n) is 15.1. The van der Waals surface area contributed by atoms with E-state index < -0.39 is 6.10 Å². The first-order valence-electron chi connectivity index (χ1n) is 8.69. The van der Waals surface area contributed by atoms with Gasteiger partial charge in [-0.15, -0.1) is 0 Å². The maximum atomic E-state index is 12.5. The molecule has 0 spiro atoms. The molecule has 1 aliphatic heterocycles. The Bertz CT molecular complexity index is 713. The van der Waals surface area contributed by atoms with Crippen molar-refractivity contribution in [3.63, 3.8) is 0 Å². The number of morpholine rings is 1. The van der Waals surface area contributed by atoms with Crippen LogP contribution in [0.4, 0.5) is 5.82 Å². The third-order valence-corrected chi connectivity index (χ3v) is 4.19. The number of amides is 1. The van der Waals surface area contributed by atoms with Gasteiger partial charge >= 0.3 is 0 Å². The molecular formula is C19H26N4O2. The molecule has 0 radical (unpaired) electrons. The lowest BCUT2D eigenvalue weighted by Crippen LogP contribution is -2.45. The summed E-state index contributed by atoms with van der Waals surface area (Å²) >= 11 is 0. The number of rotatable bonds is 4. The van der Waals surface area contributed by atoms with E-state index in [1.54, 1.807) is 0 Å². The monoisotopic (exact) mass is 342 g/mol. The summed E-state index contributed by atoms with van der Waals surface area (Å²) in [6, 6.07) is 12.1. The third-order valence-electron chi connectivity index (χ3n) is 4.19. The number of nitrogens with one attached hydrogen (secondary N) is 2. The van der Waals surface area contributed by atoms with Crippen LogP contribution in [0.5, 0.6) is 0 Å². The van der Waals surface area contributed by atoms with Crippen molar-refractivity contribution in [2.75, 3.05) is 25.0 Å². The van der Waals surface area contributed by atoms with E-state index in [-0.39, 0.29) is 11.3 Å². The number of aromatic nitrogens is 2. The highest BCUT2D eigenvalue weighted by Gasteiger charge is 2.25. The minimum Gasteiger partial charge on any atom is -0.366 e. The first-order valence-corrected chi connectivity index (χ1v) is 8.69. The van der Waals surface area contributed by atoms with Crippen molar-refractivity contribution in [1.29, 1.82) is 0 Å². The summed E-state index contributed by atoms with van der Waals surface area (Å²) in [5.41, 5.74) is 1.99. The van der Waals surface area contributed by atoms with Crippen LogP contribution < -0.4 is 10.6 Å². The molecule has 1 saturated heterocycles.